The normalized spacial score (nSPS) is 21.2. The lowest BCUT2D eigenvalue weighted by atomic mass is 10.0. The molecule has 4 rings (SSSR count). The van der Waals surface area contributed by atoms with Crippen LogP contribution >= 0.6 is 0 Å². The standard InChI is InChI=1S/C24H38N6O3/c1-18-7-3-4-12-28(18)16-11-25-21(31)8-9-22(32)30-15-10-20-19(17-30)23(26-27(20)2)24(33)29-13-5-6-14-29/h18H,3-17H2,1-2H3,(H,25,31). The smallest absolute Gasteiger partial charge is 0.274 e. The highest BCUT2D eigenvalue weighted by molar-refractivity contribution is 5.94. The predicted octanol–water partition coefficient (Wildman–Crippen LogP) is 1.31. The van der Waals surface area contributed by atoms with Crippen LogP contribution in [-0.2, 0) is 29.6 Å². The Kier molecular flexibility index (Phi) is 7.67. The summed E-state index contributed by atoms with van der Waals surface area (Å²) in [5.74, 6) is -0.137. The number of fused-ring (bicyclic) bond motifs is 1. The second-order valence-electron chi connectivity index (χ2n) is 9.69. The minimum atomic E-state index is -0.0722. The maximum atomic E-state index is 12.9. The average Bonchev–Trinajstić information content (AvgIpc) is 3.47. The molecule has 182 valence electrons. The van der Waals surface area contributed by atoms with Crippen LogP contribution in [0.2, 0.25) is 0 Å². The fourth-order valence-electron chi connectivity index (χ4n) is 5.34. The van der Waals surface area contributed by atoms with Gasteiger partial charge in [-0.05, 0) is 39.2 Å². The average molecular weight is 459 g/mol. The van der Waals surface area contributed by atoms with Crippen molar-refractivity contribution in [1.29, 1.82) is 0 Å². The first kappa shape index (κ1) is 23.7. The molecule has 3 amide bonds. The molecule has 0 aromatic carbocycles. The first-order valence-corrected chi connectivity index (χ1v) is 12.6. The van der Waals surface area contributed by atoms with Crippen LogP contribution < -0.4 is 5.32 Å². The Balaban J connectivity index is 1.25. The van der Waals surface area contributed by atoms with Crippen LogP contribution in [0.3, 0.4) is 0 Å². The van der Waals surface area contributed by atoms with Crippen LogP contribution in [0.4, 0.5) is 0 Å². The predicted molar refractivity (Wildman–Crippen MR) is 125 cm³/mol. The van der Waals surface area contributed by atoms with E-state index in [1.54, 1.807) is 9.58 Å². The molecule has 1 unspecified atom stereocenters. The van der Waals surface area contributed by atoms with Crippen molar-refractivity contribution in [1.82, 2.24) is 29.8 Å². The molecular weight excluding hydrogens is 420 g/mol. The third-order valence-electron chi connectivity index (χ3n) is 7.42. The number of likely N-dealkylation sites (tertiary alicyclic amines) is 2. The molecule has 2 saturated heterocycles. The summed E-state index contributed by atoms with van der Waals surface area (Å²) in [4.78, 5) is 44.1. The number of hydrogen-bond acceptors (Lipinski definition) is 5. The maximum Gasteiger partial charge on any atom is 0.274 e. The number of amides is 3. The van der Waals surface area contributed by atoms with Crippen molar-refractivity contribution in [2.45, 2.75) is 70.9 Å². The largest absolute Gasteiger partial charge is 0.355 e. The van der Waals surface area contributed by atoms with Gasteiger partial charge in [0.15, 0.2) is 5.69 Å². The zero-order valence-corrected chi connectivity index (χ0v) is 20.1. The Morgan fingerprint density at radius 3 is 2.52 bits per heavy atom. The van der Waals surface area contributed by atoms with Crippen molar-refractivity contribution in [2.75, 3.05) is 39.3 Å². The first-order valence-electron chi connectivity index (χ1n) is 12.6. The SMILES string of the molecule is CC1CCCCN1CCNC(=O)CCC(=O)N1CCc2c(c(C(=O)N3CCCC3)nn2C)C1. The van der Waals surface area contributed by atoms with E-state index in [0.29, 0.717) is 37.8 Å². The van der Waals surface area contributed by atoms with Crippen molar-refractivity contribution in [2.24, 2.45) is 7.05 Å². The Labute approximate surface area is 196 Å². The molecule has 0 radical (unpaired) electrons. The van der Waals surface area contributed by atoms with Gasteiger partial charge in [0, 0.05) is 82.9 Å². The number of nitrogens with one attached hydrogen (secondary N) is 1. The number of carbonyl (C=O) groups is 3. The molecule has 0 bridgehead atoms. The summed E-state index contributed by atoms with van der Waals surface area (Å²) in [6.07, 6.45) is 6.88. The van der Waals surface area contributed by atoms with E-state index in [4.69, 9.17) is 0 Å². The van der Waals surface area contributed by atoms with E-state index in [1.165, 1.54) is 19.3 Å². The van der Waals surface area contributed by atoms with Gasteiger partial charge in [0.25, 0.3) is 5.91 Å². The highest BCUT2D eigenvalue weighted by atomic mass is 16.2. The second-order valence-corrected chi connectivity index (χ2v) is 9.69. The zero-order chi connectivity index (χ0) is 23.4. The summed E-state index contributed by atoms with van der Waals surface area (Å²) < 4.78 is 1.79. The quantitative estimate of drug-likeness (QED) is 0.665. The Morgan fingerprint density at radius 1 is 1.00 bits per heavy atom. The number of hydrogen-bond donors (Lipinski definition) is 1. The van der Waals surface area contributed by atoms with E-state index in [1.807, 2.05) is 11.9 Å². The third-order valence-corrected chi connectivity index (χ3v) is 7.42. The van der Waals surface area contributed by atoms with E-state index in [9.17, 15) is 14.4 Å². The minimum Gasteiger partial charge on any atom is -0.355 e. The van der Waals surface area contributed by atoms with Gasteiger partial charge in [-0.3, -0.25) is 24.0 Å². The number of piperidine rings is 1. The van der Waals surface area contributed by atoms with Crippen molar-refractivity contribution < 1.29 is 14.4 Å². The summed E-state index contributed by atoms with van der Waals surface area (Å²) in [6, 6.07) is 0.580. The molecule has 0 aliphatic carbocycles. The third kappa shape index (κ3) is 5.57. The van der Waals surface area contributed by atoms with Gasteiger partial charge in [-0.1, -0.05) is 6.42 Å². The van der Waals surface area contributed by atoms with Crippen molar-refractivity contribution >= 4 is 17.7 Å². The van der Waals surface area contributed by atoms with Crippen molar-refractivity contribution in [3.8, 4) is 0 Å². The summed E-state index contributed by atoms with van der Waals surface area (Å²) in [7, 11) is 1.87. The molecular formula is C24H38N6O3. The van der Waals surface area contributed by atoms with Gasteiger partial charge in [-0.2, -0.15) is 5.10 Å². The summed E-state index contributed by atoms with van der Waals surface area (Å²) in [6.45, 7) is 7.38. The lowest BCUT2D eigenvalue weighted by molar-refractivity contribution is -0.134. The van der Waals surface area contributed by atoms with E-state index < -0.39 is 0 Å². The topological polar surface area (TPSA) is 90.8 Å². The van der Waals surface area contributed by atoms with Gasteiger partial charge >= 0.3 is 0 Å². The number of aromatic nitrogens is 2. The Morgan fingerprint density at radius 2 is 1.76 bits per heavy atom. The molecule has 33 heavy (non-hydrogen) atoms. The van der Waals surface area contributed by atoms with Crippen LogP contribution in [0.1, 0.15) is 73.6 Å². The lowest BCUT2D eigenvalue weighted by Crippen LogP contribution is -2.42. The van der Waals surface area contributed by atoms with Gasteiger partial charge in [0.2, 0.25) is 11.8 Å². The molecule has 4 heterocycles. The van der Waals surface area contributed by atoms with Crippen LogP contribution in [-0.4, -0.2) is 87.5 Å². The number of rotatable bonds is 7. The van der Waals surface area contributed by atoms with E-state index in [2.05, 4.69) is 22.2 Å². The van der Waals surface area contributed by atoms with Gasteiger partial charge in [-0.15, -0.1) is 0 Å². The monoisotopic (exact) mass is 458 g/mol. The minimum absolute atomic E-state index is 0.0268. The zero-order valence-electron chi connectivity index (χ0n) is 20.1. The van der Waals surface area contributed by atoms with Crippen LogP contribution in [0.25, 0.3) is 0 Å². The molecule has 3 aliphatic rings. The van der Waals surface area contributed by atoms with Crippen molar-refractivity contribution in [3.63, 3.8) is 0 Å². The Hall–Kier alpha value is -2.42. The molecule has 1 atom stereocenters. The van der Waals surface area contributed by atoms with E-state index >= 15 is 0 Å². The highest BCUT2D eigenvalue weighted by Gasteiger charge is 2.32. The number of carbonyl (C=O) groups excluding carboxylic acids is 3. The molecule has 1 aromatic heterocycles. The van der Waals surface area contributed by atoms with Crippen LogP contribution in [0, 0.1) is 0 Å². The first-order chi connectivity index (χ1) is 15.9. The molecule has 0 saturated carbocycles. The molecule has 2 fully saturated rings. The van der Waals surface area contributed by atoms with Crippen LogP contribution in [0.15, 0.2) is 0 Å². The van der Waals surface area contributed by atoms with Gasteiger partial charge in [-0.25, -0.2) is 0 Å². The molecule has 1 aromatic rings. The van der Waals surface area contributed by atoms with E-state index in [-0.39, 0.29) is 30.6 Å². The summed E-state index contributed by atoms with van der Waals surface area (Å²) in [5, 5.41) is 7.47. The van der Waals surface area contributed by atoms with Gasteiger partial charge in [0.1, 0.15) is 0 Å². The van der Waals surface area contributed by atoms with Gasteiger partial charge in [0.05, 0.1) is 0 Å². The fourth-order valence-corrected chi connectivity index (χ4v) is 5.34. The summed E-state index contributed by atoms with van der Waals surface area (Å²) in [5.41, 5.74) is 2.39. The molecule has 9 nitrogen and oxygen atoms in total. The Bertz CT molecular complexity index is 876. The molecule has 3 aliphatic heterocycles. The fraction of sp³-hybridized carbons (Fsp3) is 0.750. The molecule has 1 N–H and O–H groups in total. The summed E-state index contributed by atoms with van der Waals surface area (Å²) >= 11 is 0. The maximum absolute atomic E-state index is 12.9. The number of nitrogens with zero attached hydrogens (tertiary/aromatic N) is 5. The second kappa shape index (κ2) is 10.7. The lowest BCUT2D eigenvalue weighted by Gasteiger charge is -2.33. The van der Waals surface area contributed by atoms with E-state index in [0.717, 1.165) is 50.3 Å². The molecule has 0 spiro atoms. The number of aryl methyl sites for hydroxylation is 1. The van der Waals surface area contributed by atoms with Crippen molar-refractivity contribution in [3.05, 3.63) is 17.0 Å². The molecule has 9 heteroatoms. The van der Waals surface area contributed by atoms with Gasteiger partial charge < -0.3 is 15.1 Å². The highest BCUT2D eigenvalue weighted by Crippen LogP contribution is 2.25. The van der Waals surface area contributed by atoms with Crippen LogP contribution in [0.5, 0.6) is 0 Å².